The lowest BCUT2D eigenvalue weighted by atomic mass is 10.0. The Kier molecular flexibility index (Phi) is 5.06. The summed E-state index contributed by atoms with van der Waals surface area (Å²) in [6.07, 6.45) is -0.113. The molecule has 1 atom stereocenters. The Morgan fingerprint density at radius 1 is 1.33 bits per heavy atom. The molecule has 1 aliphatic heterocycles. The number of halogens is 1. The summed E-state index contributed by atoms with van der Waals surface area (Å²) in [5.41, 5.74) is 2.32. The van der Waals surface area contributed by atoms with E-state index in [1.165, 1.54) is 0 Å². The molecule has 128 valence electrons. The predicted molar refractivity (Wildman–Crippen MR) is 94.1 cm³/mol. The van der Waals surface area contributed by atoms with Gasteiger partial charge in [-0.25, -0.2) is 0 Å². The smallest absolute Gasteiger partial charge is 0.259 e. The minimum atomic E-state index is -0.113. The molecule has 1 fully saturated rings. The lowest BCUT2D eigenvalue weighted by Gasteiger charge is -2.33. The van der Waals surface area contributed by atoms with Crippen LogP contribution in [0.1, 0.15) is 53.2 Å². The zero-order chi connectivity index (χ0) is 17.3. The topological polar surface area (TPSA) is 55.6 Å². The summed E-state index contributed by atoms with van der Waals surface area (Å²) >= 11 is 3.44. The summed E-state index contributed by atoms with van der Waals surface area (Å²) in [4.78, 5) is 14.8. The van der Waals surface area contributed by atoms with E-state index in [0.717, 1.165) is 10.0 Å². The van der Waals surface area contributed by atoms with Crippen molar-refractivity contribution in [3.63, 3.8) is 0 Å². The number of amides is 1. The van der Waals surface area contributed by atoms with Crippen molar-refractivity contribution in [3.8, 4) is 0 Å². The zero-order valence-corrected chi connectivity index (χ0v) is 15.7. The van der Waals surface area contributed by atoms with Gasteiger partial charge in [-0.3, -0.25) is 4.79 Å². The van der Waals surface area contributed by atoms with E-state index in [2.05, 4.69) is 21.1 Å². The fraction of sp³-hybridized carbons (Fsp3) is 0.444. The van der Waals surface area contributed by atoms with Crippen LogP contribution >= 0.6 is 15.9 Å². The lowest BCUT2D eigenvalue weighted by molar-refractivity contribution is -0.0229. The number of rotatable bonds is 3. The molecule has 2 aromatic rings. The SMILES string of the molecule is Cc1noc(C(C)C)c1C(=O)N1CCOC(c2ccc(Br)cc2)C1. The molecule has 0 aliphatic carbocycles. The summed E-state index contributed by atoms with van der Waals surface area (Å²) in [6, 6.07) is 8.01. The minimum Gasteiger partial charge on any atom is -0.370 e. The maximum absolute atomic E-state index is 13.0. The number of nitrogens with zero attached hydrogens (tertiary/aromatic N) is 2. The first-order valence-electron chi connectivity index (χ1n) is 8.10. The number of carbonyl (C=O) groups is 1. The fourth-order valence-electron chi connectivity index (χ4n) is 2.91. The quantitative estimate of drug-likeness (QED) is 0.789. The van der Waals surface area contributed by atoms with Gasteiger partial charge in [-0.2, -0.15) is 0 Å². The molecule has 5 nitrogen and oxygen atoms in total. The van der Waals surface area contributed by atoms with E-state index in [-0.39, 0.29) is 17.9 Å². The minimum absolute atomic E-state index is 0.0251. The van der Waals surface area contributed by atoms with Crippen molar-refractivity contribution in [1.82, 2.24) is 10.1 Å². The maximum atomic E-state index is 13.0. The standard InChI is InChI=1S/C18H21BrN2O3/c1-11(2)17-16(12(3)20-24-17)18(22)21-8-9-23-15(10-21)13-4-6-14(19)7-5-13/h4-7,11,15H,8-10H2,1-3H3. The first-order chi connectivity index (χ1) is 11.5. The molecule has 1 aromatic heterocycles. The molecule has 0 saturated carbocycles. The maximum Gasteiger partial charge on any atom is 0.259 e. The van der Waals surface area contributed by atoms with Crippen molar-refractivity contribution in [2.24, 2.45) is 0 Å². The van der Waals surface area contributed by atoms with Gasteiger partial charge in [-0.05, 0) is 24.6 Å². The number of morpholine rings is 1. The van der Waals surface area contributed by atoms with Gasteiger partial charge in [0, 0.05) is 16.9 Å². The first kappa shape index (κ1) is 17.2. The van der Waals surface area contributed by atoms with Gasteiger partial charge in [-0.1, -0.05) is 47.1 Å². The molecule has 1 amide bonds. The highest BCUT2D eigenvalue weighted by molar-refractivity contribution is 9.10. The molecule has 1 unspecified atom stereocenters. The number of benzene rings is 1. The van der Waals surface area contributed by atoms with Gasteiger partial charge < -0.3 is 14.2 Å². The zero-order valence-electron chi connectivity index (χ0n) is 14.1. The van der Waals surface area contributed by atoms with E-state index < -0.39 is 0 Å². The van der Waals surface area contributed by atoms with Crippen LogP contribution in [0.25, 0.3) is 0 Å². The second-order valence-corrected chi connectivity index (χ2v) is 7.24. The van der Waals surface area contributed by atoms with E-state index in [0.29, 0.717) is 36.7 Å². The Morgan fingerprint density at radius 2 is 2.04 bits per heavy atom. The summed E-state index contributed by atoms with van der Waals surface area (Å²) in [7, 11) is 0. The average molecular weight is 393 g/mol. The Labute approximate surface area is 150 Å². The van der Waals surface area contributed by atoms with Gasteiger partial charge in [-0.15, -0.1) is 0 Å². The average Bonchev–Trinajstić information content (AvgIpc) is 2.97. The molecular formula is C18H21BrN2O3. The molecule has 0 bridgehead atoms. The molecule has 0 spiro atoms. The second kappa shape index (κ2) is 7.07. The van der Waals surface area contributed by atoms with Crippen molar-refractivity contribution < 1.29 is 14.1 Å². The van der Waals surface area contributed by atoms with Crippen molar-refractivity contribution in [1.29, 1.82) is 0 Å². The Bertz CT molecular complexity index is 724. The first-order valence-corrected chi connectivity index (χ1v) is 8.89. The fourth-order valence-corrected chi connectivity index (χ4v) is 3.18. The molecule has 1 saturated heterocycles. The highest BCUT2D eigenvalue weighted by atomic mass is 79.9. The van der Waals surface area contributed by atoms with Crippen LogP contribution < -0.4 is 0 Å². The van der Waals surface area contributed by atoms with Crippen LogP contribution in [0.3, 0.4) is 0 Å². The second-order valence-electron chi connectivity index (χ2n) is 6.32. The molecule has 0 radical (unpaired) electrons. The third kappa shape index (κ3) is 3.39. The van der Waals surface area contributed by atoms with Crippen LogP contribution in [-0.4, -0.2) is 35.7 Å². The van der Waals surface area contributed by atoms with Crippen LogP contribution in [0, 0.1) is 6.92 Å². The number of hydrogen-bond acceptors (Lipinski definition) is 4. The van der Waals surface area contributed by atoms with Crippen LogP contribution in [-0.2, 0) is 4.74 Å². The number of ether oxygens (including phenoxy) is 1. The summed E-state index contributed by atoms with van der Waals surface area (Å²) < 4.78 is 12.2. The number of aryl methyl sites for hydroxylation is 1. The van der Waals surface area contributed by atoms with Crippen LogP contribution in [0.5, 0.6) is 0 Å². The summed E-state index contributed by atoms with van der Waals surface area (Å²) in [5, 5.41) is 3.98. The molecule has 1 aliphatic rings. The van der Waals surface area contributed by atoms with Gasteiger partial charge >= 0.3 is 0 Å². The number of carbonyl (C=O) groups excluding carboxylic acids is 1. The van der Waals surface area contributed by atoms with E-state index in [1.54, 1.807) is 0 Å². The Morgan fingerprint density at radius 3 is 2.71 bits per heavy atom. The van der Waals surface area contributed by atoms with Gasteiger partial charge in [0.1, 0.15) is 11.7 Å². The van der Waals surface area contributed by atoms with Crippen LogP contribution in [0.2, 0.25) is 0 Å². The largest absolute Gasteiger partial charge is 0.370 e. The van der Waals surface area contributed by atoms with Gasteiger partial charge in [0.15, 0.2) is 5.76 Å². The highest BCUT2D eigenvalue weighted by Gasteiger charge is 2.31. The summed E-state index contributed by atoms with van der Waals surface area (Å²) in [6.45, 7) is 7.45. The van der Waals surface area contributed by atoms with Gasteiger partial charge in [0.2, 0.25) is 0 Å². The molecule has 24 heavy (non-hydrogen) atoms. The third-order valence-corrected chi connectivity index (χ3v) is 4.75. The van der Waals surface area contributed by atoms with Crippen molar-refractivity contribution in [2.45, 2.75) is 32.8 Å². The molecule has 2 heterocycles. The molecule has 6 heteroatoms. The van der Waals surface area contributed by atoms with E-state index in [1.807, 2.05) is 49.9 Å². The summed E-state index contributed by atoms with van der Waals surface area (Å²) in [5.74, 6) is 0.750. The molecule has 1 aromatic carbocycles. The predicted octanol–water partition coefficient (Wildman–Crippen LogP) is 4.08. The van der Waals surface area contributed by atoms with E-state index >= 15 is 0 Å². The molecule has 0 N–H and O–H groups in total. The van der Waals surface area contributed by atoms with Crippen LogP contribution in [0.4, 0.5) is 0 Å². The van der Waals surface area contributed by atoms with Crippen molar-refractivity contribution in [2.75, 3.05) is 19.7 Å². The van der Waals surface area contributed by atoms with Crippen molar-refractivity contribution >= 4 is 21.8 Å². The van der Waals surface area contributed by atoms with Crippen molar-refractivity contribution in [3.05, 3.63) is 51.3 Å². The molecule has 3 rings (SSSR count). The van der Waals surface area contributed by atoms with Gasteiger partial charge in [0.25, 0.3) is 5.91 Å². The monoisotopic (exact) mass is 392 g/mol. The third-order valence-electron chi connectivity index (χ3n) is 4.22. The van der Waals surface area contributed by atoms with Crippen LogP contribution in [0.15, 0.2) is 33.3 Å². The van der Waals surface area contributed by atoms with E-state index in [4.69, 9.17) is 9.26 Å². The number of hydrogen-bond donors (Lipinski definition) is 0. The molecular weight excluding hydrogens is 372 g/mol. The Balaban J connectivity index is 1.81. The number of aromatic nitrogens is 1. The van der Waals surface area contributed by atoms with Gasteiger partial charge in [0.05, 0.1) is 18.8 Å². The van der Waals surface area contributed by atoms with E-state index in [9.17, 15) is 4.79 Å². The Hall–Kier alpha value is -1.66. The normalized spacial score (nSPS) is 18.2. The highest BCUT2D eigenvalue weighted by Crippen LogP contribution is 2.28. The lowest BCUT2D eigenvalue weighted by Crippen LogP contribution is -2.42.